The molecule has 0 aromatic carbocycles. The summed E-state index contributed by atoms with van der Waals surface area (Å²) < 4.78 is 5.29. The second-order valence-corrected chi connectivity index (χ2v) is 6.09. The Morgan fingerprint density at radius 1 is 1.41 bits per heavy atom. The Hall–Kier alpha value is -1.26. The molecule has 0 aromatic rings. The van der Waals surface area contributed by atoms with Crippen LogP contribution >= 0.6 is 0 Å². The van der Waals surface area contributed by atoms with Gasteiger partial charge in [-0.2, -0.15) is 0 Å². The third-order valence-corrected chi connectivity index (χ3v) is 3.58. The second kappa shape index (κ2) is 3.62. The number of aliphatic carboxylic acids is 1. The molecule has 17 heavy (non-hydrogen) atoms. The summed E-state index contributed by atoms with van der Waals surface area (Å²) in [4.78, 5) is 24.8. The quantitative estimate of drug-likeness (QED) is 0.761. The predicted octanol–water partition coefficient (Wildman–Crippen LogP) is 1.86. The molecule has 0 radical (unpaired) electrons. The molecule has 1 aliphatic heterocycles. The fraction of sp³-hybridized carbons (Fsp3) is 0.833. The molecule has 2 atom stereocenters. The summed E-state index contributed by atoms with van der Waals surface area (Å²) in [6.07, 6.45) is 1.63. The van der Waals surface area contributed by atoms with Crippen LogP contribution in [0.5, 0.6) is 0 Å². The maximum Gasteiger partial charge on any atom is 0.410 e. The Balaban J connectivity index is 2.07. The van der Waals surface area contributed by atoms with Crippen LogP contribution in [0.2, 0.25) is 0 Å². The molecule has 1 aliphatic carbocycles. The van der Waals surface area contributed by atoms with E-state index in [1.165, 1.54) is 0 Å². The number of carboxylic acid groups (broad SMARTS) is 1. The normalized spacial score (nSPS) is 31.7. The molecule has 1 amide bonds. The maximum atomic E-state index is 11.9. The fourth-order valence-corrected chi connectivity index (χ4v) is 2.76. The first-order valence-electron chi connectivity index (χ1n) is 5.97. The number of hydrogen-bond donors (Lipinski definition) is 1. The number of rotatable bonds is 1. The molecule has 0 spiro atoms. The topological polar surface area (TPSA) is 66.8 Å². The third-order valence-electron chi connectivity index (χ3n) is 3.58. The van der Waals surface area contributed by atoms with Gasteiger partial charge in [-0.15, -0.1) is 0 Å². The molecule has 1 saturated heterocycles. The minimum atomic E-state index is -0.786. The van der Waals surface area contributed by atoms with E-state index in [-0.39, 0.29) is 12.1 Å². The van der Waals surface area contributed by atoms with Crippen molar-refractivity contribution < 1.29 is 19.4 Å². The van der Waals surface area contributed by atoms with Gasteiger partial charge in [0.1, 0.15) is 5.60 Å². The lowest BCUT2D eigenvalue weighted by molar-refractivity contribution is -0.148. The Bertz CT molecular complexity index is 360. The summed E-state index contributed by atoms with van der Waals surface area (Å²) in [6.45, 7) is 5.73. The van der Waals surface area contributed by atoms with Crippen molar-refractivity contribution in [3.05, 3.63) is 0 Å². The van der Waals surface area contributed by atoms with Gasteiger partial charge >= 0.3 is 12.1 Å². The van der Waals surface area contributed by atoms with Gasteiger partial charge in [-0.3, -0.25) is 4.79 Å². The standard InChI is InChI=1S/C12H19NO4/c1-11(2,3)17-10(16)13-7-12(9(14)15)5-4-8(13)6-12/h8H,4-7H2,1-3H3,(H,14,15)/t8?,12-/m1/s1. The summed E-state index contributed by atoms with van der Waals surface area (Å²) in [7, 11) is 0. The summed E-state index contributed by atoms with van der Waals surface area (Å²) >= 11 is 0. The molecule has 0 aromatic heterocycles. The first kappa shape index (κ1) is 12.2. The molecule has 1 saturated carbocycles. The van der Waals surface area contributed by atoms with Crippen LogP contribution in [-0.2, 0) is 9.53 Å². The summed E-state index contributed by atoms with van der Waals surface area (Å²) in [5.74, 6) is -0.786. The molecule has 2 bridgehead atoms. The lowest BCUT2D eigenvalue weighted by atomic mass is 9.88. The number of carbonyl (C=O) groups is 2. The highest BCUT2D eigenvalue weighted by Crippen LogP contribution is 2.48. The van der Waals surface area contributed by atoms with Crippen molar-refractivity contribution in [1.82, 2.24) is 4.90 Å². The number of fused-ring (bicyclic) bond motifs is 2. The van der Waals surface area contributed by atoms with Crippen molar-refractivity contribution in [2.45, 2.75) is 51.7 Å². The average Bonchev–Trinajstić information content (AvgIpc) is 2.72. The van der Waals surface area contributed by atoms with Gasteiger partial charge < -0.3 is 14.7 Å². The molecule has 5 heteroatoms. The zero-order valence-corrected chi connectivity index (χ0v) is 10.5. The lowest BCUT2D eigenvalue weighted by Gasteiger charge is -2.32. The Kier molecular flexibility index (Phi) is 2.60. The molecule has 2 fully saturated rings. The molecule has 1 heterocycles. The van der Waals surface area contributed by atoms with Crippen molar-refractivity contribution in [3.63, 3.8) is 0 Å². The van der Waals surface area contributed by atoms with Crippen LogP contribution in [0.3, 0.4) is 0 Å². The number of amides is 1. The molecule has 2 aliphatic rings. The SMILES string of the molecule is CC(C)(C)OC(=O)N1C[C@@]2(C(=O)O)CCC1C2. The van der Waals surface area contributed by atoms with Crippen LogP contribution in [-0.4, -0.2) is 40.3 Å². The van der Waals surface area contributed by atoms with Crippen molar-refractivity contribution in [2.24, 2.45) is 5.41 Å². The van der Waals surface area contributed by atoms with Crippen molar-refractivity contribution >= 4 is 12.1 Å². The highest BCUT2D eigenvalue weighted by atomic mass is 16.6. The van der Waals surface area contributed by atoms with E-state index in [0.29, 0.717) is 19.4 Å². The van der Waals surface area contributed by atoms with Crippen molar-refractivity contribution in [2.75, 3.05) is 6.54 Å². The zero-order chi connectivity index (χ0) is 12.8. The van der Waals surface area contributed by atoms with Crippen LogP contribution in [0.25, 0.3) is 0 Å². The maximum absolute atomic E-state index is 11.9. The van der Waals surface area contributed by atoms with Gasteiger partial charge in [0.2, 0.25) is 0 Å². The van der Waals surface area contributed by atoms with Crippen LogP contribution < -0.4 is 0 Å². The molecule has 96 valence electrons. The van der Waals surface area contributed by atoms with Crippen LogP contribution in [0, 0.1) is 5.41 Å². The van der Waals surface area contributed by atoms with E-state index >= 15 is 0 Å². The van der Waals surface area contributed by atoms with Crippen LogP contribution in [0.1, 0.15) is 40.0 Å². The Labute approximate surface area is 101 Å². The van der Waals surface area contributed by atoms with Crippen molar-refractivity contribution in [1.29, 1.82) is 0 Å². The number of hydrogen-bond acceptors (Lipinski definition) is 3. The number of likely N-dealkylation sites (tertiary alicyclic amines) is 1. The van der Waals surface area contributed by atoms with E-state index in [0.717, 1.165) is 6.42 Å². The van der Waals surface area contributed by atoms with Gasteiger partial charge in [-0.05, 0) is 40.0 Å². The first-order chi connectivity index (χ1) is 7.73. The van der Waals surface area contributed by atoms with Crippen LogP contribution in [0.4, 0.5) is 4.79 Å². The van der Waals surface area contributed by atoms with E-state index in [2.05, 4.69) is 0 Å². The Morgan fingerprint density at radius 3 is 2.53 bits per heavy atom. The summed E-state index contributed by atoms with van der Waals surface area (Å²) in [5.41, 5.74) is -1.25. The summed E-state index contributed by atoms with van der Waals surface area (Å²) in [5, 5.41) is 9.24. The smallest absolute Gasteiger partial charge is 0.410 e. The molecular formula is C12H19NO4. The zero-order valence-electron chi connectivity index (χ0n) is 10.5. The second-order valence-electron chi connectivity index (χ2n) is 6.09. The largest absolute Gasteiger partial charge is 0.481 e. The first-order valence-corrected chi connectivity index (χ1v) is 5.97. The fourth-order valence-electron chi connectivity index (χ4n) is 2.76. The van der Waals surface area contributed by atoms with Crippen LogP contribution in [0.15, 0.2) is 0 Å². The van der Waals surface area contributed by atoms with E-state index in [4.69, 9.17) is 4.74 Å². The predicted molar refractivity (Wildman–Crippen MR) is 60.6 cm³/mol. The summed E-state index contributed by atoms with van der Waals surface area (Å²) in [6, 6.07) is 0.0425. The molecule has 2 rings (SSSR count). The average molecular weight is 241 g/mol. The molecule has 1 N–H and O–H groups in total. The van der Waals surface area contributed by atoms with Gasteiger partial charge in [0.25, 0.3) is 0 Å². The van der Waals surface area contributed by atoms with Crippen molar-refractivity contribution in [3.8, 4) is 0 Å². The van der Waals surface area contributed by atoms with Gasteiger partial charge in [-0.1, -0.05) is 0 Å². The van der Waals surface area contributed by atoms with Gasteiger partial charge in [-0.25, -0.2) is 4.79 Å². The molecule has 1 unspecified atom stereocenters. The van der Waals surface area contributed by atoms with E-state index in [1.54, 1.807) is 4.90 Å². The molecular weight excluding hydrogens is 222 g/mol. The number of piperidine rings is 1. The minimum absolute atomic E-state index is 0.0425. The monoisotopic (exact) mass is 241 g/mol. The van der Waals surface area contributed by atoms with Gasteiger partial charge in [0.05, 0.1) is 5.41 Å². The Morgan fingerprint density at radius 2 is 2.06 bits per heavy atom. The lowest BCUT2D eigenvalue weighted by Crippen LogP contribution is -2.44. The number of nitrogens with zero attached hydrogens (tertiary/aromatic N) is 1. The number of ether oxygens (including phenoxy) is 1. The highest BCUT2D eigenvalue weighted by molar-refractivity contribution is 5.79. The van der Waals surface area contributed by atoms with E-state index < -0.39 is 17.0 Å². The van der Waals surface area contributed by atoms with Gasteiger partial charge in [0.15, 0.2) is 0 Å². The molecule has 5 nitrogen and oxygen atoms in total. The third kappa shape index (κ3) is 2.10. The highest BCUT2D eigenvalue weighted by Gasteiger charge is 2.56. The number of carbonyl (C=O) groups excluding carboxylic acids is 1. The van der Waals surface area contributed by atoms with Gasteiger partial charge in [0, 0.05) is 12.6 Å². The van der Waals surface area contributed by atoms with E-state index in [1.807, 2.05) is 20.8 Å². The minimum Gasteiger partial charge on any atom is -0.481 e. The number of carboxylic acids is 1. The van der Waals surface area contributed by atoms with E-state index in [9.17, 15) is 14.7 Å².